The summed E-state index contributed by atoms with van der Waals surface area (Å²) in [6.07, 6.45) is 5.73. The van der Waals surface area contributed by atoms with Crippen LogP contribution in [0.5, 0.6) is 0 Å². The van der Waals surface area contributed by atoms with Gasteiger partial charge in [-0.1, -0.05) is 0 Å². The summed E-state index contributed by atoms with van der Waals surface area (Å²) in [6.45, 7) is 0. The van der Waals surface area contributed by atoms with Crippen LogP contribution in [0, 0.1) is 18.2 Å². The smallest absolute Gasteiger partial charge is 0 e. The first-order valence-corrected chi connectivity index (χ1v) is 49.2. The maximum absolute atomic E-state index is 4.86. The summed E-state index contributed by atoms with van der Waals surface area (Å²) < 4.78 is 16.9. The normalized spacial score (nSPS) is 15.6. The Morgan fingerprint density at radius 1 is 0.361 bits per heavy atom. The average Bonchev–Trinajstić information content (AvgIpc) is 3.89. The number of anilines is 3. The average molecular weight is 1710 g/mol. The Kier molecular flexibility index (Phi) is 13.5. The van der Waals surface area contributed by atoms with Gasteiger partial charge in [-0.2, -0.15) is 0 Å². The quantitative estimate of drug-likeness (QED) is 0.113. The van der Waals surface area contributed by atoms with Gasteiger partial charge < -0.3 is 0 Å². The molecule has 13 heteroatoms. The standard InChI is InChI=1S/C21H21Ge2N2.2C19H15GeN2.3Ir/c1-22(2)15-9-5-6-13-19(15)25-20-16(22)10-7-11-17(20)23(3,4)18-12-8-14-24-21(18)25;1-20(2)15-9-3-4-11-17(15)22-18-13(7-5-10-16(18)20)14-8-6-12-21-19(14)22;1-20(2)15-9-5-8-14-13-7-3-4-11-17(13)22(18(14)15)19-16(20)10-6-12-21-19;;;/h5-12,14H,1-4H3;2*3-10,12H,1-2H3;;;/q3*-1;;;. The number of para-hydroxylation sites is 6. The second-order valence-electron chi connectivity index (χ2n) is 21.0. The van der Waals surface area contributed by atoms with E-state index in [1.807, 2.05) is 36.8 Å². The van der Waals surface area contributed by atoms with Crippen LogP contribution in [0.15, 0.2) is 164 Å². The molecule has 6 aromatic carbocycles. The first-order chi connectivity index (χ1) is 33.3. The molecule has 363 valence electrons. The molecule has 0 spiro atoms. The van der Waals surface area contributed by atoms with Crippen molar-refractivity contribution in [2.75, 3.05) is 4.90 Å². The van der Waals surface area contributed by atoms with Crippen LogP contribution in [0.25, 0.3) is 55.2 Å². The second-order valence-corrected chi connectivity index (χ2v) is 57.3. The van der Waals surface area contributed by atoms with E-state index in [1.165, 1.54) is 67.2 Å². The molecule has 0 unspecified atom stereocenters. The van der Waals surface area contributed by atoms with Crippen LogP contribution in [0.1, 0.15) is 0 Å². The molecule has 5 aromatic heterocycles. The van der Waals surface area contributed by atoms with E-state index < -0.39 is 53.1 Å². The Morgan fingerprint density at radius 2 is 0.778 bits per heavy atom. The van der Waals surface area contributed by atoms with Gasteiger partial charge in [0.2, 0.25) is 0 Å². The molecule has 3 radical (unpaired) electrons. The third kappa shape index (κ3) is 7.33. The van der Waals surface area contributed by atoms with E-state index in [1.54, 1.807) is 17.6 Å². The summed E-state index contributed by atoms with van der Waals surface area (Å²) in [5.74, 6) is 22.2. The first-order valence-electron chi connectivity index (χ1n) is 24.0. The van der Waals surface area contributed by atoms with Gasteiger partial charge in [0.15, 0.2) is 0 Å². The fourth-order valence-electron chi connectivity index (χ4n) is 12.3. The monoisotopic (exact) mass is 1720 g/mol. The third-order valence-corrected chi connectivity index (χ3v) is 45.2. The van der Waals surface area contributed by atoms with Crippen LogP contribution in [-0.2, 0) is 60.3 Å². The van der Waals surface area contributed by atoms with Crippen molar-refractivity contribution >= 4 is 149 Å². The molecule has 4 aliphatic heterocycles. The molecule has 6 nitrogen and oxygen atoms in total. The van der Waals surface area contributed by atoms with Crippen molar-refractivity contribution in [3.05, 3.63) is 182 Å². The van der Waals surface area contributed by atoms with E-state index in [9.17, 15) is 0 Å². The molecule has 0 saturated heterocycles. The molecular weight excluding hydrogens is 1660 g/mol. The number of fused-ring (bicyclic) bond motifs is 14. The molecule has 0 saturated carbocycles. The number of hydrogen-bond acceptors (Lipinski definition) is 4. The third-order valence-electron chi connectivity index (χ3n) is 15.9. The number of benzene rings is 6. The Morgan fingerprint density at radius 3 is 1.46 bits per heavy atom. The van der Waals surface area contributed by atoms with E-state index in [2.05, 4.69) is 211 Å². The van der Waals surface area contributed by atoms with E-state index in [-0.39, 0.29) is 60.3 Å². The van der Waals surface area contributed by atoms with Crippen molar-refractivity contribution < 1.29 is 60.3 Å². The van der Waals surface area contributed by atoms with E-state index >= 15 is 0 Å². The Labute approximate surface area is 473 Å². The summed E-state index contributed by atoms with van der Waals surface area (Å²) in [7, 11) is 0. The van der Waals surface area contributed by atoms with Gasteiger partial charge in [0, 0.05) is 60.3 Å². The Bertz CT molecular complexity index is 3720. The summed E-state index contributed by atoms with van der Waals surface area (Å²) in [5.41, 5.74) is 8.82. The molecule has 0 amide bonds. The van der Waals surface area contributed by atoms with Crippen molar-refractivity contribution in [1.82, 2.24) is 24.1 Å². The van der Waals surface area contributed by atoms with E-state index in [0.29, 0.717) is 0 Å². The van der Waals surface area contributed by atoms with Crippen molar-refractivity contribution in [1.29, 1.82) is 0 Å². The Balaban J connectivity index is 0.000000122. The zero-order valence-corrected chi connectivity index (χ0v) is 56.8. The van der Waals surface area contributed by atoms with Crippen LogP contribution in [0.3, 0.4) is 0 Å². The minimum Gasteiger partial charge on any atom is 0 e. The number of rotatable bonds is 0. The van der Waals surface area contributed by atoms with Crippen LogP contribution >= 0.6 is 0 Å². The minimum absolute atomic E-state index is 0. The SMILES string of the molecule is [CH3][Ge]1([CH3])[c]2ccc[c-]c2-n2c3ncccc3c3ccc[c]1c32.[CH3][Ge]1([CH3])[c]2ccc[c-]c2N2c3nccc[c]3[Ge]([CH3])([CH3])[c]3ccc[c]1c32.[CH3][Ge]1([CH3])[c]2cccnc2-n2c3[c-]cccc3c3ccc[c]1c32.[Ir].[Ir].[Ir]. The number of hydrogen-bond donors (Lipinski definition) is 0. The van der Waals surface area contributed by atoms with Crippen molar-refractivity contribution in [2.24, 2.45) is 0 Å². The van der Waals surface area contributed by atoms with Crippen LogP contribution < -0.4 is 40.1 Å². The summed E-state index contributed by atoms with van der Waals surface area (Å²) in [4.78, 5) is 16.7. The zero-order valence-electron chi connectivity index (χ0n) is 41.3. The number of pyridine rings is 3. The van der Waals surface area contributed by atoms with E-state index in [4.69, 9.17) is 9.97 Å². The van der Waals surface area contributed by atoms with Gasteiger partial charge in [-0.05, 0) is 0 Å². The molecule has 9 heterocycles. The van der Waals surface area contributed by atoms with Gasteiger partial charge in [0.25, 0.3) is 0 Å². The largest absolute Gasteiger partial charge is 0 e. The fourth-order valence-corrected chi connectivity index (χ4v) is 37.3. The molecule has 15 rings (SSSR count). The maximum atomic E-state index is 4.86. The number of nitrogens with zero attached hydrogens (tertiary/aromatic N) is 6. The topological polar surface area (TPSA) is 51.8 Å². The van der Waals surface area contributed by atoms with Gasteiger partial charge in [-0.25, -0.2) is 0 Å². The molecule has 0 fully saturated rings. The molecule has 0 bridgehead atoms. The molecule has 72 heavy (non-hydrogen) atoms. The van der Waals surface area contributed by atoms with E-state index in [0.717, 1.165) is 22.8 Å². The molecule has 0 N–H and O–H groups in total. The van der Waals surface area contributed by atoms with Crippen molar-refractivity contribution in [3.8, 4) is 11.5 Å². The maximum Gasteiger partial charge on any atom is 0 e. The predicted molar refractivity (Wildman–Crippen MR) is 300 cm³/mol. The summed E-state index contributed by atoms with van der Waals surface area (Å²) in [5, 5.41) is 5.17. The fraction of sp³-hybridized carbons (Fsp3) is 0.136. The summed E-state index contributed by atoms with van der Waals surface area (Å²) >= 11 is -9.30. The van der Waals surface area contributed by atoms with Gasteiger partial charge in [0.05, 0.1) is 0 Å². The molecule has 4 aliphatic rings. The van der Waals surface area contributed by atoms with Crippen LogP contribution in [0.4, 0.5) is 17.2 Å². The molecular formula is C59H51Ge4Ir3N6-3. The molecule has 0 aliphatic carbocycles. The van der Waals surface area contributed by atoms with Crippen molar-refractivity contribution in [2.45, 2.75) is 46.0 Å². The summed E-state index contributed by atoms with van der Waals surface area (Å²) in [6, 6.07) is 63.3. The van der Waals surface area contributed by atoms with Gasteiger partial charge in [-0.15, -0.1) is 0 Å². The van der Waals surface area contributed by atoms with Gasteiger partial charge >= 0.3 is 418 Å². The Hall–Kier alpha value is -3.71. The molecule has 11 aromatic rings. The second kappa shape index (κ2) is 18.8. The zero-order chi connectivity index (χ0) is 47.2. The minimum atomic E-state index is -2.36. The predicted octanol–water partition coefficient (Wildman–Crippen LogP) is 8.85. The van der Waals surface area contributed by atoms with Gasteiger partial charge in [-0.3, -0.25) is 0 Å². The van der Waals surface area contributed by atoms with Crippen molar-refractivity contribution in [3.63, 3.8) is 0 Å². The first kappa shape index (κ1) is 51.8. The van der Waals surface area contributed by atoms with Crippen LogP contribution in [0.2, 0.25) is 46.0 Å². The molecule has 0 atom stereocenters. The number of aromatic nitrogens is 5. The van der Waals surface area contributed by atoms with Gasteiger partial charge in [0.1, 0.15) is 0 Å². The van der Waals surface area contributed by atoms with Crippen LogP contribution in [-0.4, -0.2) is 77.2 Å².